The average molecular weight is 326 g/mol. The van der Waals surface area contributed by atoms with Crippen LogP contribution in [0.25, 0.3) is 10.9 Å². The molecule has 0 bridgehead atoms. The number of pyridine rings is 1. The van der Waals surface area contributed by atoms with Crippen molar-refractivity contribution in [3.8, 4) is 0 Å². The highest BCUT2D eigenvalue weighted by Crippen LogP contribution is 2.29. The summed E-state index contributed by atoms with van der Waals surface area (Å²) in [5, 5.41) is -0.0632. The highest BCUT2D eigenvalue weighted by atomic mass is 19.4. The molecule has 2 aromatic heterocycles. The molecule has 0 radical (unpaired) electrons. The van der Waals surface area contributed by atoms with Gasteiger partial charge in [0, 0.05) is 23.2 Å². The second kappa shape index (κ2) is 5.15. The molecule has 3 rings (SSSR count). The highest BCUT2D eigenvalue weighted by Gasteiger charge is 2.33. The van der Waals surface area contributed by atoms with Crippen LogP contribution in [-0.4, -0.2) is 15.8 Å². The molecule has 0 spiro atoms. The number of H-pyrrole nitrogens is 1. The van der Waals surface area contributed by atoms with E-state index >= 15 is 0 Å². The van der Waals surface area contributed by atoms with E-state index < -0.39 is 35.0 Å². The third-order valence-corrected chi connectivity index (χ3v) is 3.22. The minimum Gasteiger partial charge on any atom is -0.358 e. The Morgan fingerprint density at radius 1 is 1.13 bits per heavy atom. The second-order valence-electron chi connectivity index (χ2n) is 4.75. The van der Waals surface area contributed by atoms with Gasteiger partial charge in [-0.2, -0.15) is 13.2 Å². The average Bonchev–Trinajstić information content (AvgIpc) is 2.89. The highest BCUT2D eigenvalue weighted by molar-refractivity contribution is 6.15. The van der Waals surface area contributed by atoms with Crippen LogP contribution >= 0.6 is 0 Å². The molecule has 23 heavy (non-hydrogen) atoms. The van der Waals surface area contributed by atoms with Crippen molar-refractivity contribution in [2.75, 3.05) is 0 Å². The van der Waals surface area contributed by atoms with Crippen LogP contribution in [0.1, 0.15) is 21.7 Å². The number of aromatic amines is 1. The van der Waals surface area contributed by atoms with Gasteiger partial charge in [-0.25, -0.2) is 13.8 Å². The van der Waals surface area contributed by atoms with Gasteiger partial charge < -0.3 is 4.98 Å². The van der Waals surface area contributed by atoms with E-state index in [1.54, 1.807) is 0 Å². The number of hydrogen-bond acceptors (Lipinski definition) is 2. The summed E-state index contributed by atoms with van der Waals surface area (Å²) in [7, 11) is 0. The number of halogens is 5. The van der Waals surface area contributed by atoms with Gasteiger partial charge in [-0.1, -0.05) is 6.07 Å². The Balaban J connectivity index is 2.11. The predicted molar refractivity (Wildman–Crippen MR) is 70.9 cm³/mol. The van der Waals surface area contributed by atoms with E-state index in [2.05, 4.69) is 9.97 Å². The molecule has 0 fully saturated rings. The number of nitrogens with one attached hydrogen (secondary N) is 1. The minimum absolute atomic E-state index is 0.0632. The zero-order valence-electron chi connectivity index (χ0n) is 11.2. The Hall–Kier alpha value is -2.77. The number of ketones is 1. The van der Waals surface area contributed by atoms with Crippen LogP contribution in [0.2, 0.25) is 0 Å². The van der Waals surface area contributed by atoms with Crippen molar-refractivity contribution in [2.24, 2.45) is 0 Å². The summed E-state index contributed by atoms with van der Waals surface area (Å²) < 4.78 is 64.9. The molecule has 0 aliphatic rings. The first-order valence-corrected chi connectivity index (χ1v) is 6.32. The smallest absolute Gasteiger partial charge is 0.358 e. The molecular weight excluding hydrogens is 319 g/mol. The summed E-state index contributed by atoms with van der Waals surface area (Å²) in [5.41, 5.74) is -1.96. The lowest BCUT2D eigenvalue weighted by Crippen LogP contribution is -2.12. The molecule has 8 heteroatoms. The monoisotopic (exact) mass is 326 g/mol. The van der Waals surface area contributed by atoms with Crippen LogP contribution in [0.4, 0.5) is 22.0 Å². The van der Waals surface area contributed by atoms with E-state index in [9.17, 15) is 26.7 Å². The number of fused-ring (bicyclic) bond motifs is 1. The van der Waals surface area contributed by atoms with Crippen LogP contribution in [-0.2, 0) is 6.18 Å². The van der Waals surface area contributed by atoms with Gasteiger partial charge in [0.2, 0.25) is 5.78 Å². The Bertz CT molecular complexity index is 914. The van der Waals surface area contributed by atoms with Gasteiger partial charge in [0.15, 0.2) is 0 Å². The lowest BCUT2D eigenvalue weighted by molar-refractivity contribution is -0.141. The Morgan fingerprint density at radius 3 is 2.57 bits per heavy atom. The Morgan fingerprint density at radius 2 is 1.87 bits per heavy atom. The first-order chi connectivity index (χ1) is 10.8. The van der Waals surface area contributed by atoms with Gasteiger partial charge in [0.1, 0.15) is 23.0 Å². The molecule has 2 heterocycles. The zero-order valence-corrected chi connectivity index (χ0v) is 11.2. The first-order valence-electron chi connectivity index (χ1n) is 6.32. The standard InChI is InChI=1S/C15H7F5N2O/c16-7-4-8-9(6-21-13(8)10(17)5-7)14(23)11-2-1-3-12(22-11)15(18,19)20/h1-6,21H. The summed E-state index contributed by atoms with van der Waals surface area (Å²) >= 11 is 0. The molecule has 3 nitrogen and oxygen atoms in total. The van der Waals surface area contributed by atoms with Gasteiger partial charge in [0.05, 0.1) is 5.52 Å². The molecule has 0 amide bonds. The largest absolute Gasteiger partial charge is 0.433 e. The Labute approximate surface area is 125 Å². The van der Waals surface area contributed by atoms with Gasteiger partial charge in [-0.3, -0.25) is 4.79 Å². The molecule has 0 atom stereocenters. The van der Waals surface area contributed by atoms with Gasteiger partial charge >= 0.3 is 6.18 Å². The molecule has 0 saturated heterocycles. The maximum absolute atomic E-state index is 13.6. The summed E-state index contributed by atoms with van der Waals surface area (Å²) in [6, 6.07) is 4.43. The van der Waals surface area contributed by atoms with Gasteiger partial charge in [0.25, 0.3) is 0 Å². The summed E-state index contributed by atoms with van der Waals surface area (Å²) in [4.78, 5) is 18.1. The number of benzene rings is 1. The van der Waals surface area contributed by atoms with Crippen molar-refractivity contribution in [1.82, 2.24) is 9.97 Å². The van der Waals surface area contributed by atoms with Crippen molar-refractivity contribution in [2.45, 2.75) is 6.18 Å². The molecule has 0 saturated carbocycles. The number of aromatic nitrogens is 2. The number of carbonyl (C=O) groups excluding carboxylic acids is 1. The molecule has 3 aromatic rings. The van der Waals surface area contributed by atoms with E-state index in [4.69, 9.17) is 0 Å². The van der Waals surface area contributed by atoms with Gasteiger partial charge in [-0.05, 0) is 18.2 Å². The predicted octanol–water partition coefficient (Wildman–Crippen LogP) is 4.09. The van der Waals surface area contributed by atoms with Crippen LogP contribution in [0, 0.1) is 11.6 Å². The summed E-state index contributed by atoms with van der Waals surface area (Å²) in [6.45, 7) is 0. The zero-order chi connectivity index (χ0) is 16.8. The first kappa shape index (κ1) is 15.1. The number of rotatable bonds is 2. The lowest BCUT2D eigenvalue weighted by atomic mass is 10.1. The van der Waals surface area contributed by atoms with Crippen LogP contribution in [0.5, 0.6) is 0 Å². The fourth-order valence-corrected chi connectivity index (χ4v) is 2.20. The summed E-state index contributed by atoms with van der Waals surface area (Å²) in [5.74, 6) is -2.68. The van der Waals surface area contributed by atoms with Gasteiger partial charge in [-0.15, -0.1) is 0 Å². The van der Waals surface area contributed by atoms with Crippen LogP contribution in [0.3, 0.4) is 0 Å². The lowest BCUT2D eigenvalue weighted by Gasteiger charge is -2.06. The fourth-order valence-electron chi connectivity index (χ4n) is 2.20. The molecule has 0 unspecified atom stereocenters. The Kier molecular flexibility index (Phi) is 3.39. The van der Waals surface area contributed by atoms with E-state index in [0.717, 1.165) is 30.5 Å². The number of carbonyl (C=O) groups is 1. The molecule has 1 aromatic carbocycles. The van der Waals surface area contributed by atoms with Crippen molar-refractivity contribution < 1.29 is 26.7 Å². The maximum Gasteiger partial charge on any atom is 0.433 e. The van der Waals surface area contributed by atoms with E-state index in [1.165, 1.54) is 0 Å². The topological polar surface area (TPSA) is 45.8 Å². The number of alkyl halides is 3. The normalized spacial score (nSPS) is 11.9. The van der Waals surface area contributed by atoms with Crippen molar-refractivity contribution in [1.29, 1.82) is 0 Å². The molecule has 118 valence electrons. The van der Waals surface area contributed by atoms with Crippen LogP contribution < -0.4 is 0 Å². The number of hydrogen-bond donors (Lipinski definition) is 1. The van der Waals surface area contributed by atoms with Crippen molar-refractivity contribution in [3.05, 3.63) is 65.1 Å². The third-order valence-electron chi connectivity index (χ3n) is 3.22. The van der Waals surface area contributed by atoms with Crippen molar-refractivity contribution in [3.63, 3.8) is 0 Å². The fraction of sp³-hybridized carbons (Fsp3) is 0.0667. The van der Waals surface area contributed by atoms with E-state index in [0.29, 0.717) is 6.07 Å². The quantitative estimate of drug-likeness (QED) is 0.569. The van der Waals surface area contributed by atoms with E-state index in [1.807, 2.05) is 0 Å². The molecule has 1 N–H and O–H groups in total. The SMILES string of the molecule is O=C(c1cccc(C(F)(F)F)n1)c1c[nH]c2c(F)cc(F)cc12. The minimum atomic E-state index is -4.70. The molecule has 0 aliphatic heterocycles. The second-order valence-corrected chi connectivity index (χ2v) is 4.75. The summed E-state index contributed by atoms with van der Waals surface area (Å²) in [6.07, 6.45) is -3.59. The maximum atomic E-state index is 13.6. The van der Waals surface area contributed by atoms with Crippen LogP contribution in [0.15, 0.2) is 36.5 Å². The molecular formula is C15H7F5N2O. The van der Waals surface area contributed by atoms with Crippen molar-refractivity contribution >= 4 is 16.7 Å². The molecule has 0 aliphatic carbocycles. The number of nitrogens with zero attached hydrogens (tertiary/aromatic N) is 1. The van der Waals surface area contributed by atoms with E-state index in [-0.39, 0.29) is 16.5 Å². The third kappa shape index (κ3) is 2.67.